The van der Waals surface area contributed by atoms with Crippen LogP contribution >= 0.6 is 0 Å². The maximum absolute atomic E-state index is 11.4. The summed E-state index contributed by atoms with van der Waals surface area (Å²) in [6, 6.07) is -0.161. The molecule has 6 nitrogen and oxygen atoms in total. The minimum Gasteiger partial charge on any atom is -0.387 e. The zero-order valence-electron chi connectivity index (χ0n) is 8.51. The number of aliphatic hydroxyl groups excluding tert-OH is 1. The average molecular weight is 211 g/mol. The van der Waals surface area contributed by atoms with E-state index in [-0.39, 0.29) is 11.9 Å². The van der Waals surface area contributed by atoms with Crippen molar-refractivity contribution in [3.63, 3.8) is 0 Å². The second-order valence-corrected chi connectivity index (χ2v) is 3.58. The highest BCUT2D eigenvalue weighted by molar-refractivity contribution is 5.77. The molecular weight excluding hydrogens is 198 g/mol. The van der Waals surface area contributed by atoms with Crippen molar-refractivity contribution in [2.75, 3.05) is 13.2 Å². The van der Waals surface area contributed by atoms with Crippen LogP contribution in [-0.4, -0.2) is 39.2 Å². The van der Waals surface area contributed by atoms with Crippen molar-refractivity contribution in [1.29, 1.82) is 0 Å². The Labute approximate surface area is 86.9 Å². The smallest absolute Gasteiger partial charge is 0.249 e. The number of carbonyl (C=O) groups excluding carboxylic acids is 1. The van der Waals surface area contributed by atoms with E-state index in [0.29, 0.717) is 18.3 Å². The number of aliphatic hydroxyl groups is 1. The van der Waals surface area contributed by atoms with Gasteiger partial charge in [-0.25, -0.2) is 0 Å². The van der Waals surface area contributed by atoms with Gasteiger partial charge >= 0.3 is 0 Å². The van der Waals surface area contributed by atoms with E-state index in [1.165, 1.54) is 0 Å². The van der Waals surface area contributed by atoms with Crippen LogP contribution in [0.5, 0.6) is 0 Å². The Bertz CT molecular complexity index is 363. The van der Waals surface area contributed by atoms with Crippen LogP contribution in [0.25, 0.3) is 0 Å². The molecule has 15 heavy (non-hydrogen) atoms. The van der Waals surface area contributed by atoms with Crippen molar-refractivity contribution in [2.45, 2.75) is 25.8 Å². The van der Waals surface area contributed by atoms with Crippen molar-refractivity contribution < 1.29 is 14.4 Å². The standard InChI is InChI=1S/C9H13N3O3/c1-6-10-9(15-11-6)7-3-2-4-12(7)8(14)5-13/h7,13H,2-5H2,1H3. The molecule has 1 unspecified atom stereocenters. The van der Waals surface area contributed by atoms with Crippen LogP contribution in [0.4, 0.5) is 0 Å². The number of hydrogen-bond acceptors (Lipinski definition) is 5. The van der Waals surface area contributed by atoms with Crippen molar-refractivity contribution >= 4 is 5.91 Å². The fourth-order valence-electron chi connectivity index (χ4n) is 1.86. The number of carbonyl (C=O) groups is 1. The van der Waals surface area contributed by atoms with Crippen molar-refractivity contribution in [3.8, 4) is 0 Å². The van der Waals surface area contributed by atoms with Gasteiger partial charge in [-0.1, -0.05) is 5.16 Å². The number of rotatable bonds is 2. The number of aryl methyl sites for hydroxylation is 1. The number of nitrogens with zero attached hydrogens (tertiary/aromatic N) is 3. The molecule has 1 aromatic heterocycles. The van der Waals surface area contributed by atoms with Crippen LogP contribution < -0.4 is 0 Å². The van der Waals surface area contributed by atoms with Gasteiger partial charge in [0.05, 0.1) is 0 Å². The summed E-state index contributed by atoms with van der Waals surface area (Å²) in [6.07, 6.45) is 1.71. The quantitative estimate of drug-likeness (QED) is 0.746. The molecule has 2 rings (SSSR count). The molecule has 0 bridgehead atoms. The lowest BCUT2D eigenvalue weighted by Crippen LogP contribution is -2.32. The predicted molar refractivity (Wildman–Crippen MR) is 49.8 cm³/mol. The van der Waals surface area contributed by atoms with Gasteiger partial charge in [-0.15, -0.1) is 0 Å². The Balaban J connectivity index is 2.18. The van der Waals surface area contributed by atoms with Crippen LogP contribution in [0.3, 0.4) is 0 Å². The first-order valence-corrected chi connectivity index (χ1v) is 4.93. The van der Waals surface area contributed by atoms with Gasteiger partial charge in [-0.05, 0) is 19.8 Å². The first kappa shape index (κ1) is 10.1. The third-order valence-corrected chi connectivity index (χ3v) is 2.54. The van der Waals surface area contributed by atoms with E-state index < -0.39 is 6.61 Å². The van der Waals surface area contributed by atoms with Crippen LogP contribution in [0.2, 0.25) is 0 Å². The van der Waals surface area contributed by atoms with E-state index >= 15 is 0 Å². The largest absolute Gasteiger partial charge is 0.387 e. The van der Waals surface area contributed by atoms with Gasteiger partial charge in [0, 0.05) is 6.54 Å². The Kier molecular flexibility index (Phi) is 2.68. The van der Waals surface area contributed by atoms with E-state index in [9.17, 15) is 4.79 Å². The lowest BCUT2D eigenvalue weighted by atomic mass is 10.2. The molecule has 1 aromatic rings. The van der Waals surface area contributed by atoms with Gasteiger partial charge in [0.1, 0.15) is 12.6 Å². The Morgan fingerprint density at radius 1 is 1.73 bits per heavy atom. The van der Waals surface area contributed by atoms with Crippen molar-refractivity contribution in [1.82, 2.24) is 15.0 Å². The third-order valence-electron chi connectivity index (χ3n) is 2.54. The number of aromatic nitrogens is 2. The maximum atomic E-state index is 11.4. The monoisotopic (exact) mass is 211 g/mol. The van der Waals surface area contributed by atoms with Gasteiger partial charge in [0.2, 0.25) is 11.8 Å². The zero-order chi connectivity index (χ0) is 10.8. The van der Waals surface area contributed by atoms with Gasteiger partial charge in [-0.2, -0.15) is 4.98 Å². The molecule has 1 aliphatic rings. The molecule has 1 amide bonds. The summed E-state index contributed by atoms with van der Waals surface area (Å²) < 4.78 is 5.04. The summed E-state index contributed by atoms with van der Waals surface area (Å²) in [4.78, 5) is 17.1. The molecule has 1 fully saturated rings. The average Bonchev–Trinajstić information content (AvgIpc) is 2.84. The Hall–Kier alpha value is -1.43. The molecule has 0 spiro atoms. The SMILES string of the molecule is Cc1noc(C2CCCN2C(=O)CO)n1. The first-order valence-electron chi connectivity index (χ1n) is 4.93. The number of hydrogen-bond donors (Lipinski definition) is 1. The second kappa shape index (κ2) is 3.98. The molecule has 1 atom stereocenters. The summed E-state index contributed by atoms with van der Waals surface area (Å²) in [5.41, 5.74) is 0. The van der Waals surface area contributed by atoms with Gasteiger partial charge in [-0.3, -0.25) is 4.79 Å². The fourth-order valence-corrected chi connectivity index (χ4v) is 1.86. The fraction of sp³-hybridized carbons (Fsp3) is 0.667. The van der Waals surface area contributed by atoms with Gasteiger partial charge < -0.3 is 14.5 Å². The highest BCUT2D eigenvalue weighted by Crippen LogP contribution is 2.30. The molecule has 0 saturated carbocycles. The molecule has 2 heterocycles. The molecule has 82 valence electrons. The highest BCUT2D eigenvalue weighted by Gasteiger charge is 2.33. The van der Waals surface area contributed by atoms with Gasteiger partial charge in [0.15, 0.2) is 5.82 Å². The number of amides is 1. The normalized spacial score (nSPS) is 20.9. The van der Waals surface area contributed by atoms with Crippen LogP contribution in [-0.2, 0) is 4.79 Å². The molecule has 0 radical (unpaired) electrons. The lowest BCUT2D eigenvalue weighted by Gasteiger charge is -2.20. The third kappa shape index (κ3) is 1.85. The lowest BCUT2D eigenvalue weighted by molar-refractivity contribution is -0.135. The molecule has 1 aliphatic heterocycles. The minimum absolute atomic E-state index is 0.161. The predicted octanol–water partition coefficient (Wildman–Crippen LogP) is 0.0338. The molecule has 1 N–H and O–H groups in total. The molecule has 6 heteroatoms. The Morgan fingerprint density at radius 3 is 3.13 bits per heavy atom. The first-order chi connectivity index (χ1) is 7.22. The summed E-state index contributed by atoms with van der Waals surface area (Å²) in [5, 5.41) is 12.5. The van der Waals surface area contributed by atoms with Crippen molar-refractivity contribution in [3.05, 3.63) is 11.7 Å². The van der Waals surface area contributed by atoms with E-state index in [4.69, 9.17) is 9.63 Å². The highest BCUT2D eigenvalue weighted by atomic mass is 16.5. The van der Waals surface area contributed by atoms with E-state index in [2.05, 4.69) is 10.1 Å². The van der Waals surface area contributed by atoms with E-state index in [1.807, 2.05) is 0 Å². The summed E-state index contributed by atoms with van der Waals surface area (Å²) >= 11 is 0. The maximum Gasteiger partial charge on any atom is 0.249 e. The van der Waals surface area contributed by atoms with E-state index in [0.717, 1.165) is 12.8 Å². The van der Waals surface area contributed by atoms with Crippen LogP contribution in [0.1, 0.15) is 30.6 Å². The summed E-state index contributed by atoms with van der Waals surface area (Å²) in [6.45, 7) is 1.91. The van der Waals surface area contributed by atoms with E-state index in [1.54, 1.807) is 11.8 Å². The minimum atomic E-state index is -0.469. The second-order valence-electron chi connectivity index (χ2n) is 3.58. The topological polar surface area (TPSA) is 79.5 Å². The molecular formula is C9H13N3O3. The van der Waals surface area contributed by atoms with Crippen molar-refractivity contribution in [2.24, 2.45) is 0 Å². The summed E-state index contributed by atoms with van der Waals surface area (Å²) in [5.74, 6) is 0.744. The van der Waals surface area contributed by atoms with Gasteiger partial charge in [0.25, 0.3) is 0 Å². The zero-order valence-corrected chi connectivity index (χ0v) is 8.51. The molecule has 0 aromatic carbocycles. The van der Waals surface area contributed by atoms with Crippen LogP contribution in [0.15, 0.2) is 4.52 Å². The van der Waals surface area contributed by atoms with Crippen LogP contribution in [0, 0.1) is 6.92 Å². The summed E-state index contributed by atoms with van der Waals surface area (Å²) in [7, 11) is 0. The molecule has 1 saturated heterocycles. The Morgan fingerprint density at radius 2 is 2.53 bits per heavy atom. The molecule has 0 aliphatic carbocycles. The number of likely N-dealkylation sites (tertiary alicyclic amines) is 1.